The molecule has 10 aromatic rings. The summed E-state index contributed by atoms with van der Waals surface area (Å²) in [7, 11) is 0. The van der Waals surface area contributed by atoms with Crippen LogP contribution in [0.1, 0.15) is 349 Å². The summed E-state index contributed by atoms with van der Waals surface area (Å²) in [5.41, 5.74) is 12.2. The van der Waals surface area contributed by atoms with Crippen molar-refractivity contribution in [3.8, 4) is 0 Å². The Labute approximate surface area is 647 Å². The molecule has 1 unspecified atom stereocenters. The maximum Gasteiger partial charge on any atom is 0.263 e. The number of fused-ring (bicyclic) bond motifs is 7. The number of imide groups is 1. The largest absolute Gasteiger partial charge is 0.347 e. The number of H-pyrrole nitrogens is 2. The Morgan fingerprint density at radius 2 is 0.926 bits per heavy atom. The molecule has 14 heterocycles. The summed E-state index contributed by atoms with van der Waals surface area (Å²) in [5.74, 6) is 5.49. The van der Waals surface area contributed by atoms with Gasteiger partial charge in [-0.2, -0.15) is 29.1 Å². The fourth-order valence-electron chi connectivity index (χ4n) is 13.6. The highest BCUT2D eigenvalue weighted by atomic mass is 32.1. The van der Waals surface area contributed by atoms with Gasteiger partial charge in [-0.15, -0.1) is 0 Å². The second-order valence-electron chi connectivity index (χ2n) is 34.7. The van der Waals surface area contributed by atoms with Crippen LogP contribution in [0.4, 0.5) is 17.8 Å². The highest BCUT2D eigenvalue weighted by Crippen LogP contribution is 2.41. The Morgan fingerprint density at radius 1 is 0.481 bits per heavy atom. The molecule has 108 heavy (non-hydrogen) atoms. The number of nitrogens with zero attached hydrogens (tertiary/aromatic N) is 19. The quantitative estimate of drug-likeness (QED) is 0.108. The molecule has 5 amide bonds. The van der Waals surface area contributed by atoms with E-state index in [2.05, 4.69) is 188 Å². The van der Waals surface area contributed by atoms with E-state index in [1.807, 2.05) is 153 Å². The lowest BCUT2D eigenvalue weighted by molar-refractivity contribution is -0.124. The zero-order chi connectivity index (χ0) is 80.9. The van der Waals surface area contributed by atoms with Crippen molar-refractivity contribution < 1.29 is 24.0 Å². The Kier molecular flexibility index (Phi) is 25.9. The number of aromatic nitrogens is 17. The number of nitrogens with one attached hydrogen (secondary N) is 2. The highest BCUT2D eigenvalue weighted by molar-refractivity contribution is 7.22. The first-order valence-electron chi connectivity index (χ1n) is 38.5. The Morgan fingerprint density at radius 3 is 1.34 bits per heavy atom. The van der Waals surface area contributed by atoms with Crippen LogP contribution in [0.3, 0.4) is 0 Å². The molecule has 590 valence electrons. The third kappa shape index (κ3) is 16.7. The van der Waals surface area contributed by atoms with Crippen molar-refractivity contribution >= 4 is 102 Å². The lowest BCUT2D eigenvalue weighted by Crippen LogP contribution is -2.45. The zero-order valence-electron chi connectivity index (χ0n) is 70.6. The monoisotopic (exact) mass is 1520 g/mol. The number of carbonyl (C=O) groups is 5. The fraction of sp³-hybridized carbons (Fsp3) is 0.625. The Bertz CT molecular complexity index is 4430. The van der Waals surface area contributed by atoms with E-state index in [0.717, 1.165) is 68.4 Å². The van der Waals surface area contributed by atoms with Crippen molar-refractivity contribution in [3.63, 3.8) is 0 Å². The van der Waals surface area contributed by atoms with Gasteiger partial charge in [-0.25, -0.2) is 15.0 Å². The molecule has 14 rings (SSSR count). The smallest absolute Gasteiger partial charge is 0.263 e. The summed E-state index contributed by atoms with van der Waals surface area (Å²) in [6.45, 7) is 68.7. The molecule has 0 aliphatic carbocycles. The van der Waals surface area contributed by atoms with Crippen LogP contribution in [-0.4, -0.2) is 140 Å². The Hall–Kier alpha value is -8.66. The summed E-state index contributed by atoms with van der Waals surface area (Å²) in [6.07, 6.45) is 13.0. The summed E-state index contributed by atoms with van der Waals surface area (Å²) in [6, 6.07) is 1.15. The van der Waals surface area contributed by atoms with Crippen LogP contribution in [0.15, 0.2) is 43.4 Å². The van der Waals surface area contributed by atoms with Gasteiger partial charge in [0.2, 0.25) is 23.8 Å². The molecular formula is C80H123N21O5S2. The molecule has 0 radical (unpaired) electrons. The van der Waals surface area contributed by atoms with Gasteiger partial charge in [0.05, 0.1) is 74.3 Å². The first kappa shape index (κ1) is 85.0. The van der Waals surface area contributed by atoms with E-state index in [1.165, 1.54) is 25.7 Å². The molecule has 10 aromatic heterocycles. The number of hydrogen-bond donors (Lipinski definition) is 2. The van der Waals surface area contributed by atoms with Crippen LogP contribution in [0, 0.1) is 0 Å². The van der Waals surface area contributed by atoms with Gasteiger partial charge in [-0.05, 0) is 196 Å². The minimum Gasteiger partial charge on any atom is -0.347 e. The average molecular weight is 1520 g/mol. The lowest BCUT2D eigenvalue weighted by Gasteiger charge is -2.30. The van der Waals surface area contributed by atoms with E-state index >= 15 is 0 Å². The molecule has 2 N–H and O–H groups in total. The van der Waals surface area contributed by atoms with Crippen molar-refractivity contribution in [3.05, 3.63) is 94.4 Å². The van der Waals surface area contributed by atoms with Crippen LogP contribution < -0.4 is 14.7 Å². The van der Waals surface area contributed by atoms with Gasteiger partial charge in [0, 0.05) is 70.8 Å². The van der Waals surface area contributed by atoms with Crippen molar-refractivity contribution in [2.75, 3.05) is 14.7 Å². The van der Waals surface area contributed by atoms with Gasteiger partial charge in [0.1, 0.15) is 40.2 Å². The van der Waals surface area contributed by atoms with Crippen molar-refractivity contribution in [2.45, 2.75) is 329 Å². The van der Waals surface area contributed by atoms with E-state index < -0.39 is 11.1 Å². The summed E-state index contributed by atoms with van der Waals surface area (Å²) < 4.78 is 23.7. The number of anilines is 3. The van der Waals surface area contributed by atoms with Crippen LogP contribution in [0.5, 0.6) is 0 Å². The van der Waals surface area contributed by atoms with E-state index in [1.54, 1.807) is 50.2 Å². The molecule has 0 spiro atoms. The molecule has 0 saturated carbocycles. The number of carbonyl (C=O) groups excluding carboxylic acids is 5. The molecule has 0 saturated heterocycles. The second-order valence-corrected chi connectivity index (χ2v) is 36.2. The van der Waals surface area contributed by atoms with Gasteiger partial charge in [-0.3, -0.25) is 67.7 Å². The van der Waals surface area contributed by atoms with E-state index in [9.17, 15) is 24.0 Å². The standard InChI is InChI=1S/C14H20N2O2.C13H21N3O.C12H19N3O.C11H17N3O.2C10H16N4.C10H14N2S2/c1-13(2,3)15-7-9-10(8-15)12(18)16(11(9)17)14(4,5)6;1-8(2)10-7-14-12-15(9(3)4)11(17)13(5,6)16(10)12;1-7(2)10-6-13-12-14(8(3)4)11(16)9(5)15(10)12;1-7(2)9-5-12-11-13(9)6-10(15)14(11)8(3)4;1-7(2)13-9-5-12-14(8(3)4)10(9)6-11-13;2*1-5(2)7-9-10(14-11-7)8(6(3)4)12-13-9/h7-8H,1-6H3;7-9H,1-6H3;6-9H,1-5H3;5,7-8H,6H2,1-4H3;5-8H,1-4H3;5-6H,1-4H3,(H,11,14)(H,12,13);5-6H,1-4H3. The van der Waals surface area contributed by atoms with Crippen molar-refractivity contribution in [1.82, 2.24) is 86.8 Å². The normalized spacial score (nSPS) is 15.5. The molecule has 0 fully saturated rings. The minimum atomic E-state index is -0.518. The second kappa shape index (κ2) is 32.9. The van der Waals surface area contributed by atoms with Gasteiger partial charge < -0.3 is 13.7 Å². The zero-order valence-corrected chi connectivity index (χ0v) is 72.2. The van der Waals surface area contributed by atoms with Crippen molar-refractivity contribution in [2.24, 2.45) is 0 Å². The van der Waals surface area contributed by atoms with Gasteiger partial charge >= 0.3 is 0 Å². The van der Waals surface area contributed by atoms with Crippen LogP contribution in [-0.2, 0) is 32.0 Å². The van der Waals surface area contributed by atoms with Crippen LogP contribution in [0.2, 0.25) is 0 Å². The molecular weight excluding hydrogens is 1400 g/mol. The van der Waals surface area contributed by atoms with Gasteiger partial charge in [-0.1, -0.05) is 96.9 Å². The van der Waals surface area contributed by atoms with E-state index in [4.69, 9.17) is 0 Å². The van der Waals surface area contributed by atoms with Crippen molar-refractivity contribution in [1.29, 1.82) is 0 Å². The maximum atomic E-state index is 12.4. The minimum absolute atomic E-state index is 0.114. The topological polar surface area (TPSA) is 275 Å². The first-order valence-corrected chi connectivity index (χ1v) is 40.0. The summed E-state index contributed by atoms with van der Waals surface area (Å²) in [4.78, 5) is 80.7. The lowest BCUT2D eigenvalue weighted by atomic mass is 10.0. The SMILES string of the molecule is CC(C)(C)N1C(=O)c2cn(C(C)(C)C)cc2C1=O.CC(C)c1cnc2n1C(C)(C)C(=O)N2C(C)C.CC(C)c1cnc2n1C(C)C(=O)N2C(C)C.CC(C)c1cnc2n1CC(=O)N2C(C)C.CC(C)c1n[nH]c2c(C(C)C)[nH]nc12.CC(C)c1nsc2c(C(C)C)nsc12.CC(C)n1ncc2c1cnn2C(C)C. The van der Waals surface area contributed by atoms with Gasteiger partial charge in [0.15, 0.2) is 0 Å². The molecule has 1 atom stereocenters. The average Bonchev–Trinajstić information content (AvgIpc) is 1.58. The fourth-order valence-corrected chi connectivity index (χ4v) is 16.0. The van der Waals surface area contributed by atoms with Crippen LogP contribution >= 0.6 is 23.1 Å². The number of hydrogen-bond acceptors (Lipinski definition) is 16. The third-order valence-corrected chi connectivity index (χ3v) is 21.3. The van der Waals surface area contributed by atoms with Crippen LogP contribution in [0.25, 0.3) is 31.5 Å². The number of aromatic amines is 2. The molecule has 0 bridgehead atoms. The third-order valence-electron chi connectivity index (χ3n) is 19.4. The number of imidazole rings is 3. The predicted molar refractivity (Wildman–Crippen MR) is 437 cm³/mol. The van der Waals surface area contributed by atoms with E-state index in [0.29, 0.717) is 71.2 Å². The number of rotatable bonds is 12. The van der Waals surface area contributed by atoms with Gasteiger partial charge in [0.25, 0.3) is 23.6 Å². The molecule has 28 heteroatoms. The molecule has 4 aliphatic rings. The molecule has 0 aromatic carbocycles. The molecule has 26 nitrogen and oxygen atoms in total. The Balaban J connectivity index is 0.000000159. The number of amides is 5. The summed E-state index contributed by atoms with van der Waals surface area (Å²) in [5, 5.41) is 23.4. The van der Waals surface area contributed by atoms with E-state index in [-0.39, 0.29) is 59.2 Å². The highest BCUT2D eigenvalue weighted by Gasteiger charge is 2.48. The predicted octanol–water partition coefficient (Wildman–Crippen LogP) is 18.1. The maximum absolute atomic E-state index is 12.4. The first-order chi connectivity index (χ1) is 50.1. The molecule has 4 aliphatic heterocycles. The summed E-state index contributed by atoms with van der Waals surface area (Å²) >= 11 is 3.20.